The third-order valence-electron chi connectivity index (χ3n) is 4.25. The monoisotopic (exact) mass is 392 g/mol. The van der Waals surface area contributed by atoms with Crippen molar-refractivity contribution < 1.29 is 19.8 Å². The summed E-state index contributed by atoms with van der Waals surface area (Å²) in [7, 11) is 3.87. The fourth-order valence-corrected chi connectivity index (χ4v) is 3.99. The number of rotatable bonds is 5. The summed E-state index contributed by atoms with van der Waals surface area (Å²) in [5, 5.41) is 19.7. The average Bonchev–Trinajstić information content (AvgIpc) is 2.52. The van der Waals surface area contributed by atoms with Gasteiger partial charge in [0.05, 0.1) is 4.91 Å². The lowest BCUT2D eigenvalue weighted by Gasteiger charge is -2.27. The molecule has 1 amide bonds. The van der Waals surface area contributed by atoms with Crippen molar-refractivity contribution in [2.75, 3.05) is 32.9 Å². The Morgan fingerprint density at radius 1 is 1.33 bits per heavy atom. The van der Waals surface area contributed by atoms with Gasteiger partial charge >= 0.3 is 5.97 Å². The molecule has 0 atom stereocenters. The van der Waals surface area contributed by atoms with Gasteiger partial charge in [-0.05, 0) is 43.3 Å². The Balaban J connectivity index is 2.46. The summed E-state index contributed by atoms with van der Waals surface area (Å²) in [4.78, 5) is 27.4. The number of thioether (sulfide) groups is 1. The zero-order valence-electron chi connectivity index (χ0n) is 16.6. The molecule has 7 heteroatoms. The molecule has 0 aliphatic carbocycles. The maximum absolute atomic E-state index is 12.6. The van der Waals surface area contributed by atoms with E-state index in [4.69, 9.17) is 5.11 Å². The molecule has 0 radical (unpaired) electrons. The number of carbonyl (C=O) groups excluding carboxylic acids is 1. The Hall–Kier alpha value is -1.99. The van der Waals surface area contributed by atoms with E-state index >= 15 is 0 Å². The van der Waals surface area contributed by atoms with Crippen molar-refractivity contribution in [3.63, 3.8) is 0 Å². The largest absolute Gasteiger partial charge is 0.507 e. The van der Waals surface area contributed by atoms with Gasteiger partial charge in [0.1, 0.15) is 12.3 Å². The van der Waals surface area contributed by atoms with Crippen LogP contribution in [0.15, 0.2) is 17.0 Å². The molecule has 1 aliphatic heterocycles. The number of phenolic OH excluding ortho intramolecular Hbond substituents is 1. The molecule has 0 aromatic heterocycles. The summed E-state index contributed by atoms with van der Waals surface area (Å²) in [6.07, 6.45) is 1.80. The number of carboxylic acid groups (broad SMARTS) is 1. The van der Waals surface area contributed by atoms with Gasteiger partial charge in [0.15, 0.2) is 0 Å². The van der Waals surface area contributed by atoms with Crippen molar-refractivity contribution in [1.29, 1.82) is 0 Å². The first-order chi connectivity index (χ1) is 12.5. The number of nitrogens with zero attached hydrogens (tertiary/aromatic N) is 2. The van der Waals surface area contributed by atoms with Crippen LogP contribution in [0.4, 0.5) is 0 Å². The molecule has 1 saturated heterocycles. The normalized spacial score (nSPS) is 17.0. The van der Waals surface area contributed by atoms with Gasteiger partial charge in [0, 0.05) is 30.0 Å². The number of aromatic hydroxyl groups is 1. The Labute approximate surface area is 164 Å². The minimum absolute atomic E-state index is 0.251. The zero-order chi connectivity index (χ0) is 20.4. The maximum Gasteiger partial charge on any atom is 0.323 e. The smallest absolute Gasteiger partial charge is 0.323 e. The number of phenols is 1. The highest BCUT2D eigenvalue weighted by atomic mass is 32.2. The standard InChI is InChI=1S/C20H28N2O4S/c1-20(2,3)15-9-13(8-14(18(15)25)11-21(4)5)10-16-19(26)22(6-7-27-16)12-17(23)24/h8-10,25H,6-7,11-12H2,1-5H3,(H,23,24). The molecule has 1 heterocycles. The van der Waals surface area contributed by atoms with Crippen LogP contribution in [-0.2, 0) is 21.5 Å². The lowest BCUT2D eigenvalue weighted by molar-refractivity contribution is -0.142. The summed E-state index contributed by atoms with van der Waals surface area (Å²) in [6, 6.07) is 3.80. The third-order valence-corrected chi connectivity index (χ3v) is 5.24. The Bertz CT molecular complexity index is 766. The molecule has 1 aromatic rings. The molecule has 1 fully saturated rings. The zero-order valence-corrected chi connectivity index (χ0v) is 17.4. The molecule has 1 aromatic carbocycles. The minimum Gasteiger partial charge on any atom is -0.507 e. The number of carboxylic acids is 1. The van der Waals surface area contributed by atoms with Crippen molar-refractivity contribution in [2.45, 2.75) is 32.7 Å². The van der Waals surface area contributed by atoms with Crippen molar-refractivity contribution >= 4 is 29.7 Å². The molecule has 27 heavy (non-hydrogen) atoms. The van der Waals surface area contributed by atoms with Crippen molar-refractivity contribution in [3.05, 3.63) is 33.7 Å². The fourth-order valence-electron chi connectivity index (χ4n) is 2.99. The van der Waals surface area contributed by atoms with Crippen molar-refractivity contribution in [1.82, 2.24) is 9.80 Å². The Kier molecular flexibility index (Phi) is 6.59. The molecule has 6 nitrogen and oxygen atoms in total. The van der Waals surface area contributed by atoms with Gasteiger partial charge in [-0.2, -0.15) is 0 Å². The average molecular weight is 393 g/mol. The number of benzene rings is 1. The summed E-state index contributed by atoms with van der Waals surface area (Å²) in [5.74, 6) is -0.316. The van der Waals surface area contributed by atoms with Crippen LogP contribution in [0.25, 0.3) is 6.08 Å². The van der Waals surface area contributed by atoms with E-state index in [-0.39, 0.29) is 23.6 Å². The SMILES string of the molecule is CN(C)Cc1cc(C=C2SCCN(CC(=O)O)C2=O)cc(C(C)(C)C)c1O. The van der Waals surface area contributed by atoms with Crippen LogP contribution in [0, 0.1) is 0 Å². The minimum atomic E-state index is -1.01. The van der Waals surface area contributed by atoms with Gasteiger partial charge in [-0.15, -0.1) is 11.8 Å². The highest BCUT2D eigenvalue weighted by Crippen LogP contribution is 2.36. The maximum atomic E-state index is 12.6. The first-order valence-corrected chi connectivity index (χ1v) is 9.84. The first kappa shape index (κ1) is 21.3. The molecule has 2 N–H and O–H groups in total. The first-order valence-electron chi connectivity index (χ1n) is 8.85. The fraction of sp³-hybridized carbons (Fsp3) is 0.500. The van der Waals surface area contributed by atoms with Crippen LogP contribution in [0.2, 0.25) is 0 Å². The number of amides is 1. The van der Waals surface area contributed by atoms with Gasteiger partial charge in [0.25, 0.3) is 5.91 Å². The van der Waals surface area contributed by atoms with Gasteiger partial charge < -0.3 is 20.0 Å². The Morgan fingerprint density at radius 3 is 2.56 bits per heavy atom. The van der Waals surface area contributed by atoms with E-state index in [2.05, 4.69) is 0 Å². The van der Waals surface area contributed by atoms with Crippen LogP contribution in [0.1, 0.15) is 37.5 Å². The molecule has 1 aliphatic rings. The molecular weight excluding hydrogens is 364 g/mol. The molecule has 0 spiro atoms. The lowest BCUT2D eigenvalue weighted by Crippen LogP contribution is -2.40. The van der Waals surface area contributed by atoms with Gasteiger partial charge in [-0.3, -0.25) is 9.59 Å². The predicted molar refractivity (Wildman–Crippen MR) is 109 cm³/mol. The second-order valence-corrected chi connectivity index (χ2v) is 9.18. The van der Waals surface area contributed by atoms with Gasteiger partial charge in [-0.1, -0.05) is 20.8 Å². The predicted octanol–water partition coefficient (Wildman–Crippen LogP) is 2.75. The van der Waals surface area contributed by atoms with E-state index < -0.39 is 5.97 Å². The lowest BCUT2D eigenvalue weighted by atomic mass is 9.84. The quantitative estimate of drug-likeness (QED) is 0.750. The van der Waals surface area contributed by atoms with E-state index in [1.54, 1.807) is 6.08 Å². The molecule has 0 saturated carbocycles. The van der Waals surface area contributed by atoms with Crippen molar-refractivity contribution in [2.24, 2.45) is 0 Å². The second-order valence-electron chi connectivity index (χ2n) is 8.04. The molecule has 0 unspecified atom stereocenters. The van der Waals surface area contributed by atoms with Crippen LogP contribution in [0.3, 0.4) is 0 Å². The van der Waals surface area contributed by atoms with Crippen LogP contribution in [-0.4, -0.2) is 64.8 Å². The van der Waals surface area contributed by atoms with E-state index in [9.17, 15) is 14.7 Å². The van der Waals surface area contributed by atoms with Crippen LogP contribution in [0.5, 0.6) is 5.75 Å². The topological polar surface area (TPSA) is 81.1 Å². The summed E-state index contributed by atoms with van der Waals surface area (Å²) >= 11 is 1.44. The van der Waals surface area contributed by atoms with E-state index in [1.807, 2.05) is 51.9 Å². The van der Waals surface area contributed by atoms with Crippen LogP contribution < -0.4 is 0 Å². The van der Waals surface area contributed by atoms with E-state index in [1.165, 1.54) is 16.7 Å². The van der Waals surface area contributed by atoms with Gasteiger partial charge in [-0.25, -0.2) is 0 Å². The highest BCUT2D eigenvalue weighted by Gasteiger charge is 2.26. The van der Waals surface area contributed by atoms with Gasteiger partial charge in [0.2, 0.25) is 0 Å². The van der Waals surface area contributed by atoms with Crippen LogP contribution >= 0.6 is 11.8 Å². The number of hydrogen-bond acceptors (Lipinski definition) is 5. The summed E-state index contributed by atoms with van der Waals surface area (Å²) < 4.78 is 0. The van der Waals surface area contributed by atoms with E-state index in [0.29, 0.717) is 23.7 Å². The summed E-state index contributed by atoms with van der Waals surface area (Å²) in [6.45, 7) is 6.83. The second kappa shape index (κ2) is 8.35. The van der Waals surface area contributed by atoms with E-state index in [0.717, 1.165) is 16.7 Å². The molecule has 0 bridgehead atoms. The highest BCUT2D eigenvalue weighted by molar-refractivity contribution is 8.04. The summed E-state index contributed by atoms with van der Waals surface area (Å²) in [5.41, 5.74) is 2.21. The molecule has 148 valence electrons. The van der Waals surface area contributed by atoms with Crippen molar-refractivity contribution in [3.8, 4) is 5.75 Å². The third kappa shape index (κ3) is 5.49. The molecular formula is C20H28N2O4S. The Morgan fingerprint density at radius 2 is 2.00 bits per heavy atom. The number of aliphatic carboxylic acids is 1. The number of carbonyl (C=O) groups is 2. The number of hydrogen-bond donors (Lipinski definition) is 2. The molecule has 2 rings (SSSR count).